The van der Waals surface area contributed by atoms with E-state index < -0.39 is 9.05 Å². The molecule has 0 aromatic heterocycles. The fraction of sp³-hybridized carbons (Fsp3) is 0.0833. The Bertz CT molecular complexity index is 744. The van der Waals surface area contributed by atoms with E-state index in [0.29, 0.717) is 16.5 Å². The molecule has 0 spiro atoms. The van der Waals surface area contributed by atoms with Gasteiger partial charge in [-0.3, -0.25) is 4.79 Å². The number of benzene rings is 2. The Morgan fingerprint density at radius 2 is 1.74 bits per heavy atom. The van der Waals surface area contributed by atoms with Gasteiger partial charge in [-0.25, -0.2) is 8.42 Å². The maximum absolute atomic E-state index is 11.5. The van der Waals surface area contributed by atoms with Crippen LogP contribution < -0.4 is 5.32 Å². The van der Waals surface area contributed by atoms with Gasteiger partial charge in [0, 0.05) is 27.1 Å². The highest BCUT2D eigenvalue weighted by Crippen LogP contribution is 2.31. The van der Waals surface area contributed by atoms with E-state index in [2.05, 4.69) is 5.32 Å². The second-order valence-electron chi connectivity index (χ2n) is 3.78. The molecule has 100 valence electrons. The molecule has 0 fully saturated rings. The fourth-order valence-corrected chi connectivity index (χ4v) is 2.92. The first-order valence-electron chi connectivity index (χ1n) is 5.25. The summed E-state index contributed by atoms with van der Waals surface area (Å²) >= 11 is 5.43. The maximum Gasteiger partial charge on any atom is 0.261 e. The molecule has 1 N–H and O–H groups in total. The highest BCUT2D eigenvalue weighted by atomic mass is 35.7. The van der Waals surface area contributed by atoms with Crippen molar-refractivity contribution in [2.24, 2.45) is 0 Å². The average molecular weight is 318 g/mol. The number of rotatable bonds is 3. The second-order valence-corrected chi connectivity index (χ2v) is 6.58. The number of halogens is 2. The first kappa shape index (κ1) is 14.1. The number of nitrogens with one attached hydrogen (secondary N) is 1. The third-order valence-corrected chi connectivity index (χ3v) is 4.17. The zero-order valence-corrected chi connectivity index (χ0v) is 11.9. The molecule has 2 rings (SSSR count). The number of fused-ring (bicyclic) bond motifs is 1. The van der Waals surface area contributed by atoms with E-state index in [-0.39, 0.29) is 16.7 Å². The number of hydrogen-bond donors (Lipinski definition) is 1. The lowest BCUT2D eigenvalue weighted by atomic mass is 10.1. The first-order valence-corrected chi connectivity index (χ1v) is 8.10. The van der Waals surface area contributed by atoms with Gasteiger partial charge in [0.05, 0.1) is 4.90 Å². The molecule has 0 aliphatic heterocycles. The zero-order chi connectivity index (χ0) is 14.0. The zero-order valence-electron chi connectivity index (χ0n) is 9.56. The van der Waals surface area contributed by atoms with Crippen molar-refractivity contribution in [1.29, 1.82) is 0 Å². The monoisotopic (exact) mass is 317 g/mol. The minimum absolute atomic E-state index is 0.00800. The van der Waals surface area contributed by atoms with Gasteiger partial charge < -0.3 is 5.32 Å². The summed E-state index contributed by atoms with van der Waals surface area (Å²) in [4.78, 5) is 11.3. The summed E-state index contributed by atoms with van der Waals surface area (Å²) in [6, 6.07) is 9.60. The van der Waals surface area contributed by atoms with Gasteiger partial charge in [-0.1, -0.05) is 24.3 Å². The van der Waals surface area contributed by atoms with Gasteiger partial charge in [-0.15, -0.1) is 11.6 Å². The molecular formula is C12H9Cl2NO3S. The van der Waals surface area contributed by atoms with Crippen molar-refractivity contribution in [3.8, 4) is 0 Å². The van der Waals surface area contributed by atoms with Gasteiger partial charge in [0.1, 0.15) is 5.88 Å². The van der Waals surface area contributed by atoms with Crippen LogP contribution >= 0.6 is 22.3 Å². The number of carbonyl (C=O) groups excluding carboxylic acids is 1. The van der Waals surface area contributed by atoms with Crippen LogP contribution in [0.3, 0.4) is 0 Å². The molecule has 0 aliphatic rings. The lowest BCUT2D eigenvalue weighted by Crippen LogP contribution is -2.13. The highest BCUT2D eigenvalue weighted by Gasteiger charge is 2.16. The summed E-state index contributed by atoms with van der Waals surface area (Å²) in [7, 11) is 1.54. The number of alkyl halides is 1. The molecule has 0 saturated heterocycles. The molecule has 0 atom stereocenters. The van der Waals surface area contributed by atoms with Crippen LogP contribution in [0.1, 0.15) is 0 Å². The minimum atomic E-state index is -3.85. The molecule has 0 heterocycles. The Morgan fingerprint density at radius 1 is 1.11 bits per heavy atom. The summed E-state index contributed by atoms with van der Waals surface area (Å²) in [5.41, 5.74) is 0.491. The molecule has 0 aliphatic carbocycles. The second kappa shape index (κ2) is 5.36. The predicted octanol–water partition coefficient (Wildman–Crippen LogP) is 2.94. The van der Waals surface area contributed by atoms with Gasteiger partial charge in [-0.05, 0) is 12.1 Å². The van der Waals surface area contributed by atoms with Crippen molar-refractivity contribution in [3.63, 3.8) is 0 Å². The number of anilines is 1. The fourth-order valence-electron chi connectivity index (χ4n) is 1.78. The number of hydrogen-bond acceptors (Lipinski definition) is 3. The largest absolute Gasteiger partial charge is 0.324 e. The van der Waals surface area contributed by atoms with E-state index in [1.807, 2.05) is 0 Å². The molecule has 4 nitrogen and oxygen atoms in total. The minimum Gasteiger partial charge on any atom is -0.324 e. The first-order chi connectivity index (χ1) is 8.93. The van der Waals surface area contributed by atoms with E-state index in [0.717, 1.165) is 0 Å². The van der Waals surface area contributed by atoms with Gasteiger partial charge in [-0.2, -0.15) is 0 Å². The molecule has 0 saturated carbocycles. The van der Waals surface area contributed by atoms with Crippen LogP contribution in [0.2, 0.25) is 0 Å². The summed E-state index contributed by atoms with van der Waals surface area (Å²) in [5.74, 6) is -0.544. The molecule has 0 bridgehead atoms. The van der Waals surface area contributed by atoms with Crippen molar-refractivity contribution < 1.29 is 13.2 Å². The summed E-state index contributed by atoms with van der Waals surface area (Å²) < 4.78 is 23.0. The Kier molecular flexibility index (Phi) is 3.99. The Morgan fingerprint density at radius 3 is 2.32 bits per heavy atom. The van der Waals surface area contributed by atoms with Gasteiger partial charge in [0.25, 0.3) is 9.05 Å². The van der Waals surface area contributed by atoms with E-state index in [9.17, 15) is 13.2 Å². The average Bonchev–Trinajstić information content (AvgIpc) is 2.37. The molecule has 2 aromatic carbocycles. The van der Waals surface area contributed by atoms with Crippen LogP contribution in [-0.4, -0.2) is 20.2 Å². The highest BCUT2D eigenvalue weighted by molar-refractivity contribution is 8.14. The van der Waals surface area contributed by atoms with Crippen molar-refractivity contribution in [1.82, 2.24) is 0 Å². The van der Waals surface area contributed by atoms with Gasteiger partial charge >= 0.3 is 0 Å². The van der Waals surface area contributed by atoms with Gasteiger partial charge in [0.2, 0.25) is 5.91 Å². The Labute approximate surface area is 119 Å². The van der Waals surface area contributed by atoms with Crippen LogP contribution in [-0.2, 0) is 13.8 Å². The molecule has 19 heavy (non-hydrogen) atoms. The third-order valence-electron chi connectivity index (χ3n) is 2.54. The van der Waals surface area contributed by atoms with Crippen molar-refractivity contribution in [2.45, 2.75) is 4.90 Å². The van der Waals surface area contributed by atoms with Crippen LogP contribution in [0.4, 0.5) is 5.69 Å². The Hall–Kier alpha value is -1.30. The topological polar surface area (TPSA) is 63.2 Å². The van der Waals surface area contributed by atoms with Crippen LogP contribution in [0, 0.1) is 0 Å². The third kappa shape index (κ3) is 3.00. The summed E-state index contributed by atoms with van der Waals surface area (Å²) in [6.07, 6.45) is 0. The van der Waals surface area contributed by atoms with Crippen molar-refractivity contribution in [2.75, 3.05) is 11.2 Å². The molecular weight excluding hydrogens is 309 g/mol. The van der Waals surface area contributed by atoms with Crippen molar-refractivity contribution >= 4 is 53.7 Å². The smallest absolute Gasteiger partial charge is 0.261 e. The SMILES string of the molecule is O=C(CCl)Nc1ccc(S(=O)(=O)Cl)c2ccccc12. The molecule has 2 aromatic rings. The maximum atomic E-state index is 11.5. The van der Waals surface area contributed by atoms with Crippen LogP contribution in [0.25, 0.3) is 10.8 Å². The molecule has 7 heteroatoms. The molecule has 0 unspecified atom stereocenters. The quantitative estimate of drug-likeness (QED) is 0.699. The van der Waals surface area contributed by atoms with Gasteiger partial charge in [0.15, 0.2) is 0 Å². The lowest BCUT2D eigenvalue weighted by Gasteiger charge is -2.10. The number of amides is 1. The normalized spacial score (nSPS) is 11.5. The Balaban J connectivity index is 2.69. The van der Waals surface area contributed by atoms with E-state index >= 15 is 0 Å². The summed E-state index contributed by atoms with van der Waals surface area (Å²) in [5, 5.41) is 3.64. The lowest BCUT2D eigenvalue weighted by molar-refractivity contribution is -0.113. The summed E-state index contributed by atoms with van der Waals surface area (Å²) in [6.45, 7) is 0. The molecule has 1 amide bonds. The number of carbonyl (C=O) groups is 1. The predicted molar refractivity (Wildman–Crippen MR) is 76.3 cm³/mol. The van der Waals surface area contributed by atoms with Crippen LogP contribution in [0.5, 0.6) is 0 Å². The standard InChI is InChI=1S/C12H9Cl2NO3S/c13-7-12(16)15-10-5-6-11(19(14,17)18)9-4-2-1-3-8(9)10/h1-6H,7H2,(H,15,16). The van der Waals surface area contributed by atoms with E-state index in [1.165, 1.54) is 12.1 Å². The van der Waals surface area contributed by atoms with E-state index in [1.54, 1.807) is 24.3 Å². The van der Waals surface area contributed by atoms with Crippen LogP contribution in [0.15, 0.2) is 41.3 Å². The molecule has 0 radical (unpaired) electrons. The van der Waals surface area contributed by atoms with Crippen molar-refractivity contribution in [3.05, 3.63) is 36.4 Å². The van der Waals surface area contributed by atoms with E-state index in [4.69, 9.17) is 22.3 Å².